The Hall–Kier alpha value is -3.05. The molecule has 0 saturated heterocycles. The number of fused-ring (bicyclic) bond motifs is 2. The number of aromatic nitrogens is 5. The van der Waals surface area contributed by atoms with Gasteiger partial charge in [0.15, 0.2) is 4.60 Å². The van der Waals surface area contributed by atoms with Gasteiger partial charge in [-0.05, 0) is 48.0 Å². The van der Waals surface area contributed by atoms with E-state index in [1.807, 2.05) is 0 Å². The Balaban J connectivity index is 1.61. The van der Waals surface area contributed by atoms with Gasteiger partial charge in [0, 0.05) is 24.9 Å². The number of amides is 1. The number of halogens is 2. The predicted octanol–water partition coefficient (Wildman–Crippen LogP) is 2.96. The van der Waals surface area contributed by atoms with Crippen LogP contribution in [0.1, 0.15) is 53.4 Å². The van der Waals surface area contributed by atoms with Gasteiger partial charge >= 0.3 is 0 Å². The highest BCUT2D eigenvalue weighted by atomic mass is 79.9. The van der Waals surface area contributed by atoms with E-state index in [2.05, 4.69) is 36.0 Å². The fourth-order valence-electron chi connectivity index (χ4n) is 3.75. The average Bonchev–Trinajstić information content (AvgIpc) is 3.44. The van der Waals surface area contributed by atoms with Crippen molar-refractivity contribution in [1.29, 1.82) is 0 Å². The number of nitrogens with zero attached hydrogens (tertiary/aromatic N) is 5. The van der Waals surface area contributed by atoms with Crippen LogP contribution < -0.4 is 0 Å². The summed E-state index contributed by atoms with van der Waals surface area (Å²) in [7, 11) is 0. The van der Waals surface area contributed by atoms with Gasteiger partial charge in [0.25, 0.3) is 5.91 Å². The van der Waals surface area contributed by atoms with Crippen molar-refractivity contribution in [1.82, 2.24) is 29.5 Å². The Kier molecular flexibility index (Phi) is 4.48. The van der Waals surface area contributed by atoms with Crippen molar-refractivity contribution >= 4 is 27.4 Å². The van der Waals surface area contributed by atoms with E-state index in [-0.39, 0.29) is 16.3 Å². The van der Waals surface area contributed by atoms with Gasteiger partial charge in [0.1, 0.15) is 23.0 Å². The summed E-state index contributed by atoms with van der Waals surface area (Å²) >= 11 is 3.26. The number of oxazole rings is 1. The first-order valence-electron chi connectivity index (χ1n) is 9.60. The SMILES string of the molecule is CC(C)(O)c1nc(Br)c(C(=O)N2CCc3[nH]cnc3C2c2cc3c(F)cccn3n2)o1. The Morgan fingerprint density at radius 1 is 1.45 bits per heavy atom. The second-order valence-electron chi connectivity index (χ2n) is 7.87. The number of pyridine rings is 1. The van der Waals surface area contributed by atoms with Crippen LogP contribution in [-0.2, 0) is 12.0 Å². The summed E-state index contributed by atoms with van der Waals surface area (Å²) in [6.07, 6.45) is 3.77. The van der Waals surface area contributed by atoms with Crippen molar-refractivity contribution < 1.29 is 18.7 Å². The van der Waals surface area contributed by atoms with Crippen molar-refractivity contribution in [2.75, 3.05) is 6.54 Å². The monoisotopic (exact) mass is 488 g/mol. The molecule has 1 aliphatic rings. The topological polar surface area (TPSA) is 113 Å². The fourth-order valence-corrected chi connectivity index (χ4v) is 4.17. The molecule has 11 heteroatoms. The minimum absolute atomic E-state index is 0.0199. The Morgan fingerprint density at radius 3 is 2.97 bits per heavy atom. The van der Waals surface area contributed by atoms with Crippen molar-refractivity contribution in [3.05, 3.63) is 69.9 Å². The van der Waals surface area contributed by atoms with Gasteiger partial charge in [-0.25, -0.2) is 18.9 Å². The number of imidazole rings is 1. The van der Waals surface area contributed by atoms with E-state index in [0.29, 0.717) is 29.9 Å². The zero-order chi connectivity index (χ0) is 21.9. The molecule has 1 atom stereocenters. The van der Waals surface area contributed by atoms with Gasteiger partial charge in [-0.15, -0.1) is 0 Å². The summed E-state index contributed by atoms with van der Waals surface area (Å²) < 4.78 is 21.5. The quantitative estimate of drug-likeness (QED) is 0.458. The lowest BCUT2D eigenvalue weighted by molar-refractivity contribution is 0.0440. The smallest absolute Gasteiger partial charge is 0.293 e. The second kappa shape index (κ2) is 6.99. The number of carbonyl (C=O) groups is 1. The van der Waals surface area contributed by atoms with Gasteiger partial charge < -0.3 is 19.4 Å². The standard InChI is InChI=1S/C20H18BrFN6O3/c1-20(2,30)19-25-17(21)16(31-19)18(29)27-7-5-11-14(24-9-23-11)15(27)12-8-13-10(22)4-3-6-28(13)26-12/h3-4,6,8-9,15,30H,5,7H2,1-2H3,(H,23,24). The molecule has 5 rings (SSSR count). The third-order valence-electron chi connectivity index (χ3n) is 5.24. The lowest BCUT2D eigenvalue weighted by Crippen LogP contribution is -2.41. The minimum Gasteiger partial charge on any atom is -0.431 e. The van der Waals surface area contributed by atoms with Crippen molar-refractivity contribution in [3.63, 3.8) is 0 Å². The van der Waals surface area contributed by atoms with Crippen LogP contribution in [0.15, 0.2) is 39.7 Å². The largest absolute Gasteiger partial charge is 0.431 e. The summed E-state index contributed by atoms with van der Waals surface area (Å²) in [5.74, 6) is -0.862. The molecule has 0 radical (unpaired) electrons. The number of aliphatic hydroxyl groups is 1. The zero-order valence-electron chi connectivity index (χ0n) is 16.6. The number of carbonyl (C=O) groups excluding carboxylic acids is 1. The maximum atomic E-state index is 14.3. The molecule has 160 valence electrons. The van der Waals surface area contributed by atoms with E-state index in [4.69, 9.17) is 4.42 Å². The maximum absolute atomic E-state index is 14.3. The minimum atomic E-state index is -1.35. The lowest BCUT2D eigenvalue weighted by atomic mass is 9.99. The van der Waals surface area contributed by atoms with E-state index in [1.165, 1.54) is 24.4 Å². The molecule has 0 aromatic carbocycles. The summed E-state index contributed by atoms with van der Waals surface area (Å²) in [5, 5.41) is 14.7. The Morgan fingerprint density at radius 2 is 2.26 bits per heavy atom. The maximum Gasteiger partial charge on any atom is 0.293 e. The predicted molar refractivity (Wildman–Crippen MR) is 110 cm³/mol. The normalized spacial score (nSPS) is 16.7. The molecule has 1 amide bonds. The highest BCUT2D eigenvalue weighted by Crippen LogP contribution is 2.36. The van der Waals surface area contributed by atoms with Crippen LogP contribution in [0.3, 0.4) is 0 Å². The number of H-pyrrole nitrogens is 1. The van der Waals surface area contributed by atoms with Crippen LogP contribution >= 0.6 is 15.9 Å². The molecule has 2 N–H and O–H groups in total. The number of hydrogen-bond acceptors (Lipinski definition) is 6. The summed E-state index contributed by atoms with van der Waals surface area (Å²) in [5.41, 5.74) is 0.960. The third kappa shape index (κ3) is 3.24. The molecular formula is C20H18BrFN6O3. The average molecular weight is 489 g/mol. The van der Waals surface area contributed by atoms with E-state index < -0.39 is 23.4 Å². The van der Waals surface area contributed by atoms with Gasteiger partial charge in [-0.2, -0.15) is 5.10 Å². The number of hydrogen-bond donors (Lipinski definition) is 2. The first-order chi connectivity index (χ1) is 14.7. The van der Waals surface area contributed by atoms with Gasteiger partial charge in [0.2, 0.25) is 11.7 Å². The number of aromatic amines is 1. The van der Waals surface area contributed by atoms with Crippen molar-refractivity contribution in [2.45, 2.75) is 31.9 Å². The van der Waals surface area contributed by atoms with E-state index >= 15 is 0 Å². The summed E-state index contributed by atoms with van der Waals surface area (Å²) in [4.78, 5) is 26.7. The van der Waals surface area contributed by atoms with Crippen LogP contribution in [-0.4, -0.2) is 47.0 Å². The van der Waals surface area contributed by atoms with E-state index in [0.717, 1.165) is 5.69 Å². The zero-order valence-corrected chi connectivity index (χ0v) is 18.2. The Labute approximate surface area is 184 Å². The number of nitrogens with one attached hydrogen (secondary N) is 1. The first-order valence-corrected chi connectivity index (χ1v) is 10.4. The van der Waals surface area contributed by atoms with Crippen LogP contribution in [0.5, 0.6) is 0 Å². The molecule has 1 aliphatic heterocycles. The van der Waals surface area contributed by atoms with Gasteiger partial charge in [0.05, 0.1) is 17.7 Å². The molecule has 0 aliphatic carbocycles. The van der Waals surface area contributed by atoms with Crippen LogP contribution in [0, 0.1) is 5.82 Å². The van der Waals surface area contributed by atoms with Crippen molar-refractivity contribution in [2.24, 2.45) is 0 Å². The second-order valence-corrected chi connectivity index (χ2v) is 8.62. The molecule has 0 spiro atoms. The van der Waals surface area contributed by atoms with Crippen molar-refractivity contribution in [3.8, 4) is 0 Å². The number of rotatable bonds is 3. The van der Waals surface area contributed by atoms with Gasteiger partial charge in [-0.1, -0.05) is 0 Å². The van der Waals surface area contributed by atoms with Crippen LogP contribution in [0.2, 0.25) is 0 Å². The highest BCUT2D eigenvalue weighted by Gasteiger charge is 2.39. The molecule has 4 aromatic heterocycles. The molecule has 5 heterocycles. The lowest BCUT2D eigenvalue weighted by Gasteiger charge is -2.33. The van der Waals surface area contributed by atoms with E-state index in [9.17, 15) is 14.3 Å². The van der Waals surface area contributed by atoms with Crippen LogP contribution in [0.4, 0.5) is 4.39 Å². The van der Waals surface area contributed by atoms with E-state index in [1.54, 1.807) is 29.6 Å². The molecule has 0 saturated carbocycles. The Bertz CT molecular complexity index is 1300. The molecule has 4 aromatic rings. The molecule has 9 nitrogen and oxygen atoms in total. The molecule has 1 unspecified atom stereocenters. The first kappa shape index (κ1) is 19.9. The summed E-state index contributed by atoms with van der Waals surface area (Å²) in [6, 6.07) is 3.88. The molecular weight excluding hydrogens is 471 g/mol. The van der Waals surface area contributed by atoms with Crippen LogP contribution in [0.25, 0.3) is 5.52 Å². The third-order valence-corrected chi connectivity index (χ3v) is 5.78. The molecule has 31 heavy (non-hydrogen) atoms. The van der Waals surface area contributed by atoms with Gasteiger partial charge in [-0.3, -0.25) is 4.79 Å². The highest BCUT2D eigenvalue weighted by molar-refractivity contribution is 9.10. The summed E-state index contributed by atoms with van der Waals surface area (Å²) in [6.45, 7) is 3.40. The molecule has 0 fully saturated rings. The fraction of sp³-hybridized carbons (Fsp3) is 0.300. The molecule has 0 bridgehead atoms.